The number of ether oxygens (including phenoxy) is 2. The molecule has 0 saturated carbocycles. The highest BCUT2D eigenvalue weighted by Crippen LogP contribution is 2.26. The van der Waals surface area contributed by atoms with E-state index in [1.165, 1.54) is 4.68 Å². The minimum Gasteiger partial charge on any atom is -0.497 e. The van der Waals surface area contributed by atoms with Crippen LogP contribution in [0.4, 0.5) is 0 Å². The highest BCUT2D eigenvalue weighted by Gasteiger charge is 2.32. The van der Waals surface area contributed by atoms with E-state index in [0.717, 1.165) is 24.3 Å². The van der Waals surface area contributed by atoms with Gasteiger partial charge in [0.2, 0.25) is 10.0 Å². The molecule has 0 spiro atoms. The Hall–Kier alpha value is -2.06. The average Bonchev–Trinajstić information content (AvgIpc) is 2.99. The normalized spacial score (nSPS) is 18.7. The van der Waals surface area contributed by atoms with Gasteiger partial charge in [0.25, 0.3) is 0 Å². The molecule has 1 aliphatic heterocycles. The number of hydrogen-bond acceptors (Lipinski definition) is 5. The second-order valence-electron chi connectivity index (χ2n) is 6.61. The lowest BCUT2D eigenvalue weighted by Crippen LogP contribution is -2.41. The number of nitrogens with zero attached hydrogens (tertiary/aromatic N) is 3. The Kier molecular flexibility index (Phi) is 5.52. The fourth-order valence-corrected chi connectivity index (χ4v) is 5.01. The minimum absolute atomic E-state index is 0.154. The molecule has 1 aromatic carbocycles. The van der Waals surface area contributed by atoms with Crippen molar-refractivity contribution in [2.45, 2.75) is 24.7 Å². The molecule has 1 saturated heterocycles. The summed E-state index contributed by atoms with van der Waals surface area (Å²) in [4.78, 5) is 0.286. The fraction of sp³-hybridized carbons (Fsp3) is 0.500. The fourth-order valence-electron chi connectivity index (χ4n) is 3.26. The predicted molar refractivity (Wildman–Crippen MR) is 97.9 cm³/mol. The molecule has 0 N–H and O–H groups in total. The first-order valence-corrected chi connectivity index (χ1v) is 10.1. The number of aryl methyl sites for hydroxylation is 2. The van der Waals surface area contributed by atoms with Gasteiger partial charge in [-0.05, 0) is 31.9 Å². The van der Waals surface area contributed by atoms with Crippen LogP contribution >= 0.6 is 0 Å². The maximum absolute atomic E-state index is 12.9. The van der Waals surface area contributed by atoms with E-state index >= 15 is 0 Å². The van der Waals surface area contributed by atoms with Crippen molar-refractivity contribution >= 4 is 10.0 Å². The van der Waals surface area contributed by atoms with Crippen LogP contribution in [0, 0.1) is 12.8 Å². The molecule has 0 radical (unpaired) electrons. The lowest BCUT2D eigenvalue weighted by molar-refractivity contribution is 0.180. The molecule has 8 heteroatoms. The molecular formula is C18H25N3O4S. The summed E-state index contributed by atoms with van der Waals surface area (Å²) >= 11 is 0. The first-order chi connectivity index (χ1) is 12.4. The van der Waals surface area contributed by atoms with Crippen LogP contribution in [0.25, 0.3) is 0 Å². The van der Waals surface area contributed by atoms with E-state index in [1.807, 2.05) is 24.3 Å². The third-order valence-electron chi connectivity index (χ3n) is 4.59. The van der Waals surface area contributed by atoms with Gasteiger partial charge in [-0.1, -0.05) is 6.07 Å². The standard InChI is InChI=1S/C18H25N3O4S/c1-14-18(12-20(2)19-14)26(22,23)21-9-5-6-15(11-21)13-25-17-8-4-7-16(10-17)24-3/h4,7-8,10,12,15H,5-6,9,11,13H2,1-3H3. The van der Waals surface area contributed by atoms with Crippen molar-refractivity contribution < 1.29 is 17.9 Å². The van der Waals surface area contributed by atoms with Crippen molar-refractivity contribution in [1.82, 2.24) is 14.1 Å². The number of benzene rings is 1. The Balaban J connectivity index is 1.66. The molecule has 0 amide bonds. The van der Waals surface area contributed by atoms with Crippen LogP contribution < -0.4 is 9.47 Å². The molecule has 1 atom stereocenters. The first kappa shape index (κ1) is 18.7. The molecule has 1 aromatic heterocycles. The van der Waals surface area contributed by atoms with Crippen molar-refractivity contribution in [3.63, 3.8) is 0 Å². The van der Waals surface area contributed by atoms with E-state index in [9.17, 15) is 8.42 Å². The topological polar surface area (TPSA) is 73.7 Å². The van der Waals surface area contributed by atoms with Crippen molar-refractivity contribution in [2.24, 2.45) is 13.0 Å². The number of rotatable bonds is 6. The molecule has 1 aliphatic rings. The van der Waals surface area contributed by atoms with Gasteiger partial charge in [-0.2, -0.15) is 9.40 Å². The lowest BCUT2D eigenvalue weighted by Gasteiger charge is -2.31. The van der Waals surface area contributed by atoms with E-state index in [1.54, 1.807) is 31.6 Å². The van der Waals surface area contributed by atoms with Crippen LogP contribution in [0.15, 0.2) is 35.4 Å². The molecule has 1 unspecified atom stereocenters. The summed E-state index contributed by atoms with van der Waals surface area (Å²) in [5.41, 5.74) is 0.530. The third-order valence-corrected chi connectivity index (χ3v) is 6.56. The van der Waals surface area contributed by atoms with E-state index in [0.29, 0.717) is 25.4 Å². The van der Waals surface area contributed by atoms with Gasteiger partial charge >= 0.3 is 0 Å². The number of sulfonamides is 1. The van der Waals surface area contributed by atoms with Gasteiger partial charge in [-0.15, -0.1) is 0 Å². The van der Waals surface area contributed by atoms with Crippen molar-refractivity contribution in [3.8, 4) is 11.5 Å². The zero-order chi connectivity index (χ0) is 18.7. The largest absolute Gasteiger partial charge is 0.497 e. The molecule has 3 rings (SSSR count). The molecule has 7 nitrogen and oxygen atoms in total. The molecule has 0 bridgehead atoms. The van der Waals surface area contributed by atoms with Crippen LogP contribution in [0.5, 0.6) is 11.5 Å². The van der Waals surface area contributed by atoms with Gasteiger partial charge in [0, 0.05) is 38.3 Å². The van der Waals surface area contributed by atoms with Crippen LogP contribution in [-0.2, 0) is 17.1 Å². The van der Waals surface area contributed by atoms with Crippen LogP contribution in [-0.4, -0.2) is 49.3 Å². The highest BCUT2D eigenvalue weighted by molar-refractivity contribution is 7.89. The first-order valence-electron chi connectivity index (χ1n) is 8.67. The Bertz CT molecular complexity index is 863. The van der Waals surface area contributed by atoms with Gasteiger partial charge < -0.3 is 9.47 Å². The van der Waals surface area contributed by atoms with Gasteiger partial charge in [-0.3, -0.25) is 4.68 Å². The van der Waals surface area contributed by atoms with Gasteiger partial charge in [-0.25, -0.2) is 8.42 Å². The van der Waals surface area contributed by atoms with Gasteiger partial charge in [0.05, 0.1) is 19.4 Å². The monoisotopic (exact) mass is 379 g/mol. The minimum atomic E-state index is -3.52. The summed E-state index contributed by atoms with van der Waals surface area (Å²) in [5, 5.41) is 4.16. The highest BCUT2D eigenvalue weighted by atomic mass is 32.2. The summed E-state index contributed by atoms with van der Waals surface area (Å²) < 4.78 is 40.0. The van der Waals surface area contributed by atoms with Crippen LogP contribution in [0.3, 0.4) is 0 Å². The van der Waals surface area contributed by atoms with Crippen molar-refractivity contribution in [1.29, 1.82) is 0 Å². The number of aromatic nitrogens is 2. The van der Waals surface area contributed by atoms with E-state index in [-0.39, 0.29) is 10.8 Å². The van der Waals surface area contributed by atoms with Crippen LogP contribution in [0.2, 0.25) is 0 Å². The van der Waals surface area contributed by atoms with Gasteiger partial charge in [0.15, 0.2) is 0 Å². The number of piperidine rings is 1. The Labute approximate surface area is 154 Å². The molecule has 1 fully saturated rings. The SMILES string of the molecule is COc1cccc(OCC2CCCN(S(=O)(=O)c3cn(C)nc3C)C2)c1. The molecule has 0 aliphatic carbocycles. The molecule has 142 valence electrons. The van der Waals surface area contributed by atoms with Gasteiger partial charge in [0.1, 0.15) is 16.4 Å². The van der Waals surface area contributed by atoms with E-state index < -0.39 is 10.0 Å². The summed E-state index contributed by atoms with van der Waals surface area (Å²) in [7, 11) is -0.180. The zero-order valence-corrected chi connectivity index (χ0v) is 16.2. The van der Waals surface area contributed by atoms with Crippen molar-refractivity contribution in [3.05, 3.63) is 36.2 Å². The van der Waals surface area contributed by atoms with E-state index in [2.05, 4.69) is 5.10 Å². The Morgan fingerprint density at radius 3 is 2.77 bits per heavy atom. The number of hydrogen-bond donors (Lipinski definition) is 0. The average molecular weight is 379 g/mol. The van der Waals surface area contributed by atoms with E-state index in [4.69, 9.17) is 9.47 Å². The summed E-state index contributed by atoms with van der Waals surface area (Å²) in [6.45, 7) is 3.19. The maximum Gasteiger partial charge on any atom is 0.246 e. The Morgan fingerprint density at radius 2 is 2.08 bits per heavy atom. The predicted octanol–water partition coefficient (Wildman–Crippen LogP) is 2.22. The second-order valence-corrected chi connectivity index (χ2v) is 8.52. The molecular weight excluding hydrogens is 354 g/mol. The van der Waals surface area contributed by atoms with Crippen LogP contribution in [0.1, 0.15) is 18.5 Å². The third kappa shape index (κ3) is 4.02. The maximum atomic E-state index is 12.9. The second kappa shape index (κ2) is 7.67. The quantitative estimate of drug-likeness (QED) is 0.769. The Morgan fingerprint density at radius 1 is 1.31 bits per heavy atom. The summed E-state index contributed by atoms with van der Waals surface area (Å²) in [5.74, 6) is 1.62. The summed E-state index contributed by atoms with van der Waals surface area (Å²) in [6, 6.07) is 7.43. The molecule has 2 aromatic rings. The zero-order valence-electron chi connectivity index (χ0n) is 15.4. The summed E-state index contributed by atoms with van der Waals surface area (Å²) in [6.07, 6.45) is 3.34. The molecule has 2 heterocycles. The van der Waals surface area contributed by atoms with Crippen molar-refractivity contribution in [2.75, 3.05) is 26.8 Å². The number of methoxy groups -OCH3 is 1. The molecule has 26 heavy (non-hydrogen) atoms. The lowest BCUT2D eigenvalue weighted by atomic mass is 10.0. The smallest absolute Gasteiger partial charge is 0.246 e.